The number of aliphatic hydroxyl groups is 1. The maximum absolute atomic E-state index is 11.9. The first kappa shape index (κ1) is 17.4. The van der Waals surface area contributed by atoms with Crippen molar-refractivity contribution in [3.8, 4) is 0 Å². The molecule has 3 heterocycles. The van der Waals surface area contributed by atoms with Gasteiger partial charge in [-0.2, -0.15) is 9.29 Å². The van der Waals surface area contributed by atoms with E-state index < -0.39 is 10.0 Å². The summed E-state index contributed by atoms with van der Waals surface area (Å²) < 4.78 is 25.4. The Morgan fingerprint density at radius 2 is 1.96 bits per heavy atom. The van der Waals surface area contributed by atoms with Crippen LogP contribution >= 0.6 is 0 Å². The summed E-state index contributed by atoms with van der Waals surface area (Å²) in [7, 11) is -3.13. The molecule has 2 saturated heterocycles. The van der Waals surface area contributed by atoms with E-state index in [1.807, 2.05) is 11.0 Å². The van der Waals surface area contributed by atoms with E-state index >= 15 is 0 Å². The Labute approximate surface area is 143 Å². The minimum absolute atomic E-state index is 0.135. The molecule has 3 rings (SSSR count). The van der Waals surface area contributed by atoms with Crippen molar-refractivity contribution in [2.45, 2.75) is 25.9 Å². The van der Waals surface area contributed by atoms with E-state index in [9.17, 15) is 13.5 Å². The first-order valence-electron chi connectivity index (χ1n) is 8.48. The molecule has 0 unspecified atom stereocenters. The Morgan fingerprint density at radius 3 is 2.62 bits per heavy atom. The summed E-state index contributed by atoms with van der Waals surface area (Å²) in [6.45, 7) is 5.26. The Morgan fingerprint density at radius 1 is 1.21 bits per heavy atom. The Balaban J connectivity index is 1.67. The predicted molar refractivity (Wildman–Crippen MR) is 92.7 cm³/mol. The van der Waals surface area contributed by atoms with Gasteiger partial charge < -0.3 is 14.9 Å². The SMILES string of the molecule is CCS(=O)(=O)N1CCN(c2nccc(N3CCC[C@@H](O)C3)n2)CC1. The molecule has 8 nitrogen and oxygen atoms in total. The van der Waals surface area contributed by atoms with Crippen LogP contribution in [-0.4, -0.2) is 78.9 Å². The van der Waals surface area contributed by atoms with Gasteiger partial charge in [-0.05, 0) is 25.8 Å². The summed E-state index contributed by atoms with van der Waals surface area (Å²) in [6, 6.07) is 1.86. The zero-order chi connectivity index (χ0) is 17.2. The lowest BCUT2D eigenvalue weighted by atomic mass is 10.1. The zero-order valence-corrected chi connectivity index (χ0v) is 14.8. The van der Waals surface area contributed by atoms with Crippen LogP contribution in [0.25, 0.3) is 0 Å². The van der Waals surface area contributed by atoms with Crippen LogP contribution in [0.15, 0.2) is 12.3 Å². The highest BCUT2D eigenvalue weighted by Crippen LogP contribution is 2.21. The second-order valence-electron chi connectivity index (χ2n) is 6.24. The van der Waals surface area contributed by atoms with E-state index in [1.165, 1.54) is 4.31 Å². The molecule has 1 aromatic rings. The minimum Gasteiger partial charge on any atom is -0.391 e. The van der Waals surface area contributed by atoms with E-state index in [4.69, 9.17) is 0 Å². The number of aromatic nitrogens is 2. The number of piperidine rings is 1. The first-order valence-corrected chi connectivity index (χ1v) is 10.1. The maximum Gasteiger partial charge on any atom is 0.227 e. The summed E-state index contributed by atoms with van der Waals surface area (Å²) in [5.41, 5.74) is 0. The number of hydrogen-bond acceptors (Lipinski definition) is 7. The smallest absolute Gasteiger partial charge is 0.227 e. The van der Waals surface area contributed by atoms with Crippen molar-refractivity contribution in [3.05, 3.63) is 12.3 Å². The molecule has 2 aliphatic rings. The number of nitrogens with zero attached hydrogens (tertiary/aromatic N) is 5. The summed E-state index contributed by atoms with van der Waals surface area (Å²) in [5, 5.41) is 9.83. The molecule has 0 spiro atoms. The molecule has 0 bridgehead atoms. The van der Waals surface area contributed by atoms with Crippen LogP contribution in [0.5, 0.6) is 0 Å². The molecule has 0 amide bonds. The lowest BCUT2D eigenvalue weighted by molar-refractivity contribution is 0.154. The summed E-state index contributed by atoms with van der Waals surface area (Å²) in [4.78, 5) is 13.1. The third-order valence-electron chi connectivity index (χ3n) is 4.63. The fourth-order valence-electron chi connectivity index (χ4n) is 3.18. The molecule has 9 heteroatoms. The number of hydrogen-bond donors (Lipinski definition) is 1. The van der Waals surface area contributed by atoms with Gasteiger partial charge in [-0.25, -0.2) is 13.4 Å². The number of aliphatic hydroxyl groups excluding tert-OH is 1. The van der Waals surface area contributed by atoms with Crippen LogP contribution < -0.4 is 9.80 Å². The van der Waals surface area contributed by atoms with Gasteiger partial charge in [0, 0.05) is 45.5 Å². The molecule has 134 valence electrons. The number of sulfonamides is 1. The zero-order valence-electron chi connectivity index (χ0n) is 14.0. The monoisotopic (exact) mass is 355 g/mol. The number of β-amino-alcohol motifs (C(OH)–C–C–N with tert-alkyl or cyclic N) is 1. The molecule has 1 N–H and O–H groups in total. The lowest BCUT2D eigenvalue weighted by Gasteiger charge is -2.35. The normalized spacial score (nSPS) is 23.5. The van der Waals surface area contributed by atoms with Gasteiger partial charge in [0.05, 0.1) is 11.9 Å². The van der Waals surface area contributed by atoms with Crippen molar-refractivity contribution >= 4 is 21.8 Å². The number of piperazine rings is 1. The molecular formula is C15H25N5O3S. The lowest BCUT2D eigenvalue weighted by Crippen LogP contribution is -2.49. The van der Waals surface area contributed by atoms with Crippen LogP contribution in [0, 0.1) is 0 Å². The molecule has 0 saturated carbocycles. The maximum atomic E-state index is 11.9. The fraction of sp³-hybridized carbons (Fsp3) is 0.733. The van der Waals surface area contributed by atoms with Crippen molar-refractivity contribution in [3.63, 3.8) is 0 Å². The predicted octanol–water partition coefficient (Wildman–Crippen LogP) is -0.0906. The second-order valence-corrected chi connectivity index (χ2v) is 8.50. The van der Waals surface area contributed by atoms with Crippen molar-refractivity contribution in [2.75, 3.05) is 54.8 Å². The van der Waals surface area contributed by atoms with E-state index in [-0.39, 0.29) is 11.9 Å². The molecule has 0 aromatic carbocycles. The summed E-state index contributed by atoms with van der Waals surface area (Å²) in [5.74, 6) is 1.58. The van der Waals surface area contributed by atoms with E-state index in [0.717, 1.165) is 25.2 Å². The van der Waals surface area contributed by atoms with Gasteiger partial charge in [0.1, 0.15) is 5.82 Å². The fourth-order valence-corrected chi connectivity index (χ4v) is 4.26. The third-order valence-corrected chi connectivity index (χ3v) is 6.51. The molecule has 1 atom stereocenters. The molecular weight excluding hydrogens is 330 g/mol. The second kappa shape index (κ2) is 7.20. The Kier molecular flexibility index (Phi) is 5.21. The Bertz CT molecular complexity index is 661. The van der Waals surface area contributed by atoms with E-state index in [1.54, 1.807) is 13.1 Å². The highest BCUT2D eigenvalue weighted by Gasteiger charge is 2.27. The minimum atomic E-state index is -3.13. The molecule has 0 aliphatic carbocycles. The number of rotatable bonds is 4. The van der Waals surface area contributed by atoms with Crippen molar-refractivity contribution in [1.29, 1.82) is 0 Å². The molecule has 2 aliphatic heterocycles. The van der Waals surface area contributed by atoms with Crippen LogP contribution in [0.3, 0.4) is 0 Å². The Hall–Kier alpha value is -1.45. The standard InChI is InChI=1S/C15H25N5O3S/c1-2-24(22,23)20-10-8-18(9-11-20)15-16-6-5-14(17-15)19-7-3-4-13(21)12-19/h5-6,13,21H,2-4,7-12H2,1H3/t13-/m1/s1. The van der Waals surface area contributed by atoms with Crippen LogP contribution in [0.1, 0.15) is 19.8 Å². The highest BCUT2D eigenvalue weighted by atomic mass is 32.2. The van der Waals surface area contributed by atoms with Gasteiger partial charge in [0.15, 0.2) is 0 Å². The largest absolute Gasteiger partial charge is 0.391 e. The third kappa shape index (κ3) is 3.79. The topological polar surface area (TPSA) is 89.9 Å². The molecule has 24 heavy (non-hydrogen) atoms. The van der Waals surface area contributed by atoms with E-state index in [0.29, 0.717) is 38.7 Å². The summed E-state index contributed by atoms with van der Waals surface area (Å²) >= 11 is 0. The van der Waals surface area contributed by atoms with Gasteiger partial charge in [-0.3, -0.25) is 0 Å². The van der Waals surface area contributed by atoms with Gasteiger partial charge >= 0.3 is 0 Å². The van der Waals surface area contributed by atoms with Crippen LogP contribution in [0.4, 0.5) is 11.8 Å². The molecule has 0 radical (unpaired) electrons. The van der Waals surface area contributed by atoms with E-state index in [2.05, 4.69) is 14.9 Å². The summed E-state index contributed by atoms with van der Waals surface area (Å²) in [6.07, 6.45) is 3.21. The van der Waals surface area contributed by atoms with Gasteiger partial charge in [-0.15, -0.1) is 0 Å². The average molecular weight is 355 g/mol. The quantitative estimate of drug-likeness (QED) is 0.807. The first-order chi connectivity index (χ1) is 11.5. The molecule has 2 fully saturated rings. The van der Waals surface area contributed by atoms with Gasteiger partial charge in [0.25, 0.3) is 0 Å². The van der Waals surface area contributed by atoms with Crippen LogP contribution in [-0.2, 0) is 10.0 Å². The van der Waals surface area contributed by atoms with Crippen molar-refractivity contribution in [2.24, 2.45) is 0 Å². The van der Waals surface area contributed by atoms with Crippen molar-refractivity contribution in [1.82, 2.24) is 14.3 Å². The number of anilines is 2. The average Bonchev–Trinajstić information content (AvgIpc) is 2.62. The van der Waals surface area contributed by atoms with Crippen LogP contribution in [0.2, 0.25) is 0 Å². The molecule has 1 aromatic heterocycles. The van der Waals surface area contributed by atoms with Gasteiger partial charge in [0.2, 0.25) is 16.0 Å². The van der Waals surface area contributed by atoms with Crippen molar-refractivity contribution < 1.29 is 13.5 Å². The highest BCUT2D eigenvalue weighted by molar-refractivity contribution is 7.89. The van der Waals surface area contributed by atoms with Gasteiger partial charge in [-0.1, -0.05) is 0 Å².